The van der Waals surface area contributed by atoms with Gasteiger partial charge in [-0.2, -0.15) is 0 Å². The number of nitrogens with zero attached hydrogens (tertiary/aromatic N) is 3. The summed E-state index contributed by atoms with van der Waals surface area (Å²) in [4.78, 5) is 8.24. The molecule has 2 aliphatic carbocycles. The lowest BCUT2D eigenvalue weighted by Crippen LogP contribution is -2.64. The maximum atomic E-state index is 2.90. The van der Waals surface area contributed by atoms with Crippen LogP contribution < -0.4 is 31.1 Å². The molecule has 2 unspecified atom stereocenters. The lowest BCUT2D eigenvalue weighted by Gasteiger charge is -2.53. The molecule has 3 heterocycles. The van der Waals surface area contributed by atoms with Gasteiger partial charge in [-0.15, -0.1) is 0 Å². The molecular formula is C75H82BN3. The zero-order valence-electron chi connectivity index (χ0n) is 50.1. The SMILES string of the molecule is Cc1cc2c3c(c1)N1c4c(cc(-c5ccccc5)cc4C4(C)CCCCC14C)B3c1ccc(N(c3ccc(C(C)(C)C)cc3C)c3ccc(C(C)(C)C)cc3C)cc1N2c1cc2c(cc1-c1ccccc1)C(C)(C)CCC2(C)C. The van der Waals surface area contributed by atoms with Gasteiger partial charge >= 0.3 is 0 Å². The van der Waals surface area contributed by atoms with Gasteiger partial charge in [0, 0.05) is 50.8 Å². The van der Waals surface area contributed by atoms with Crippen LogP contribution in [0.5, 0.6) is 0 Å². The lowest BCUT2D eigenvalue weighted by atomic mass is 9.33. The van der Waals surface area contributed by atoms with Crippen LogP contribution in [-0.4, -0.2) is 12.3 Å². The predicted octanol–water partition coefficient (Wildman–Crippen LogP) is 18.7. The Kier molecular flexibility index (Phi) is 11.5. The fourth-order valence-electron chi connectivity index (χ4n) is 15.4. The molecule has 0 radical (unpaired) electrons. The van der Waals surface area contributed by atoms with Crippen molar-refractivity contribution in [3.05, 3.63) is 196 Å². The second-order valence-electron chi connectivity index (χ2n) is 28.6. The summed E-state index contributed by atoms with van der Waals surface area (Å²) in [7, 11) is 0. The maximum Gasteiger partial charge on any atom is 0.252 e. The first-order chi connectivity index (χ1) is 37.4. The summed E-state index contributed by atoms with van der Waals surface area (Å²) < 4.78 is 0. The fourth-order valence-corrected chi connectivity index (χ4v) is 15.4. The molecule has 0 spiro atoms. The Labute approximate surface area is 474 Å². The zero-order valence-corrected chi connectivity index (χ0v) is 50.1. The van der Waals surface area contributed by atoms with E-state index in [0.717, 1.165) is 24.9 Å². The molecule has 2 atom stereocenters. The molecule has 0 bridgehead atoms. The minimum atomic E-state index is -0.100. The van der Waals surface area contributed by atoms with Crippen LogP contribution in [0, 0.1) is 20.8 Å². The van der Waals surface area contributed by atoms with Crippen molar-refractivity contribution in [3.63, 3.8) is 0 Å². The van der Waals surface area contributed by atoms with E-state index in [9.17, 15) is 0 Å². The van der Waals surface area contributed by atoms with Gasteiger partial charge in [0.2, 0.25) is 0 Å². The minimum absolute atomic E-state index is 0.00541. The van der Waals surface area contributed by atoms with Crippen LogP contribution in [0.15, 0.2) is 152 Å². The molecule has 3 aliphatic heterocycles. The maximum absolute atomic E-state index is 2.90. The number of anilines is 8. The van der Waals surface area contributed by atoms with Crippen LogP contribution in [0.25, 0.3) is 22.3 Å². The molecule has 400 valence electrons. The van der Waals surface area contributed by atoms with Crippen LogP contribution in [0.1, 0.15) is 166 Å². The molecule has 13 rings (SSSR count). The quantitative estimate of drug-likeness (QED) is 0.154. The van der Waals surface area contributed by atoms with Crippen molar-refractivity contribution in [3.8, 4) is 22.3 Å². The number of benzene rings is 8. The Bertz CT molecular complexity index is 3730. The standard InChI is InChI=1S/C75H82BN3/c1-47-38-66-68-67(39-47)79-69-59(74(14)34-22-23-35-75(74,79)15)42-52(50-24-18-16-19-25-50)43-61(69)76(68)60-31-30-55(77(62-32-28-53(40-48(62)2)70(4,5)6)63-33-29-54(41-49(63)3)71(7,8)9)44-65(60)78(66)64-46-58-57(72(10,11)36-37-73(58,12)13)45-56(64)51-26-20-17-21-27-51/h16-21,24-33,38-46H,22-23,34-37H2,1-15H3. The third-order valence-corrected chi connectivity index (χ3v) is 20.4. The van der Waals surface area contributed by atoms with Crippen molar-refractivity contribution in [2.24, 2.45) is 0 Å². The number of hydrogen-bond acceptors (Lipinski definition) is 3. The summed E-state index contributed by atoms with van der Waals surface area (Å²) in [6.45, 7) is 36.1. The highest BCUT2D eigenvalue weighted by atomic mass is 15.3. The van der Waals surface area contributed by atoms with Gasteiger partial charge in [-0.3, -0.25) is 0 Å². The molecule has 79 heavy (non-hydrogen) atoms. The van der Waals surface area contributed by atoms with Gasteiger partial charge in [-0.05, 0) is 207 Å². The van der Waals surface area contributed by atoms with E-state index in [1.807, 2.05) is 0 Å². The molecule has 1 saturated carbocycles. The number of rotatable bonds is 6. The van der Waals surface area contributed by atoms with E-state index < -0.39 is 0 Å². The first kappa shape index (κ1) is 51.6. The molecular weight excluding hydrogens is 954 g/mol. The van der Waals surface area contributed by atoms with Crippen molar-refractivity contribution in [1.82, 2.24) is 0 Å². The van der Waals surface area contributed by atoms with Gasteiger partial charge in [0.1, 0.15) is 0 Å². The highest BCUT2D eigenvalue weighted by molar-refractivity contribution is 7.00. The molecule has 0 amide bonds. The van der Waals surface area contributed by atoms with Crippen molar-refractivity contribution in [1.29, 1.82) is 0 Å². The summed E-state index contributed by atoms with van der Waals surface area (Å²) in [6.07, 6.45) is 7.13. The molecule has 5 aliphatic rings. The summed E-state index contributed by atoms with van der Waals surface area (Å²) in [5.41, 5.74) is 30.5. The third-order valence-electron chi connectivity index (χ3n) is 20.4. The molecule has 0 aromatic heterocycles. The van der Waals surface area contributed by atoms with E-state index in [2.05, 4.69) is 270 Å². The van der Waals surface area contributed by atoms with E-state index in [0.29, 0.717) is 0 Å². The molecule has 0 saturated heterocycles. The summed E-state index contributed by atoms with van der Waals surface area (Å²) in [6, 6.07) is 60.2. The molecule has 8 aromatic rings. The first-order valence-corrected chi connectivity index (χ1v) is 29.8. The van der Waals surface area contributed by atoms with Crippen LogP contribution in [0.3, 0.4) is 0 Å². The molecule has 4 heteroatoms. The van der Waals surface area contributed by atoms with E-state index in [4.69, 9.17) is 0 Å². The van der Waals surface area contributed by atoms with Crippen molar-refractivity contribution >= 4 is 68.6 Å². The molecule has 1 fully saturated rings. The van der Waals surface area contributed by atoms with Crippen LogP contribution >= 0.6 is 0 Å². The average molecular weight is 1040 g/mol. The first-order valence-electron chi connectivity index (χ1n) is 29.8. The zero-order chi connectivity index (χ0) is 55.5. The van der Waals surface area contributed by atoms with Gasteiger partial charge in [-0.25, -0.2) is 0 Å². The van der Waals surface area contributed by atoms with Crippen LogP contribution in [0.2, 0.25) is 0 Å². The summed E-state index contributed by atoms with van der Waals surface area (Å²) in [5.74, 6) is 0. The largest absolute Gasteiger partial charge is 0.335 e. The van der Waals surface area contributed by atoms with Gasteiger partial charge in [0.15, 0.2) is 0 Å². The van der Waals surface area contributed by atoms with Gasteiger partial charge in [0.25, 0.3) is 6.71 Å². The normalized spacial score (nSPS) is 20.3. The smallest absolute Gasteiger partial charge is 0.252 e. The molecule has 3 nitrogen and oxygen atoms in total. The van der Waals surface area contributed by atoms with Gasteiger partial charge in [-0.1, -0.05) is 186 Å². The molecule has 0 N–H and O–H groups in total. The van der Waals surface area contributed by atoms with E-state index in [1.54, 1.807) is 0 Å². The number of aryl methyl sites for hydroxylation is 3. The highest BCUT2D eigenvalue weighted by Gasteiger charge is 2.61. The van der Waals surface area contributed by atoms with E-state index in [-0.39, 0.29) is 39.3 Å². The van der Waals surface area contributed by atoms with Crippen LogP contribution in [0.4, 0.5) is 45.5 Å². The Morgan fingerprint density at radius 3 is 1.63 bits per heavy atom. The second-order valence-corrected chi connectivity index (χ2v) is 28.6. The Hall–Kier alpha value is -6.78. The Balaban J connectivity index is 1.16. The van der Waals surface area contributed by atoms with E-state index >= 15 is 0 Å². The van der Waals surface area contributed by atoms with Crippen molar-refractivity contribution in [2.75, 3.05) is 14.7 Å². The highest BCUT2D eigenvalue weighted by Crippen LogP contribution is 2.63. The lowest BCUT2D eigenvalue weighted by molar-refractivity contribution is 0.195. The summed E-state index contributed by atoms with van der Waals surface area (Å²) >= 11 is 0. The average Bonchev–Trinajstić information content (AvgIpc) is 3.93. The predicted molar refractivity (Wildman–Crippen MR) is 341 cm³/mol. The monoisotopic (exact) mass is 1040 g/mol. The Morgan fingerprint density at radius 1 is 0.468 bits per heavy atom. The topological polar surface area (TPSA) is 9.72 Å². The van der Waals surface area contributed by atoms with Crippen LogP contribution in [-0.2, 0) is 27.1 Å². The Morgan fingerprint density at radius 2 is 1.04 bits per heavy atom. The van der Waals surface area contributed by atoms with Gasteiger partial charge < -0.3 is 14.7 Å². The van der Waals surface area contributed by atoms with E-state index in [1.165, 1.54) is 142 Å². The second kappa shape index (κ2) is 17.6. The third kappa shape index (κ3) is 7.80. The van der Waals surface area contributed by atoms with Crippen molar-refractivity contribution in [2.45, 2.75) is 175 Å². The number of hydrogen-bond donors (Lipinski definition) is 0. The fraction of sp³-hybridized carbons (Fsp3) is 0.360. The molecule has 8 aromatic carbocycles. The summed E-state index contributed by atoms with van der Waals surface area (Å²) in [5, 5.41) is 0. The van der Waals surface area contributed by atoms with Gasteiger partial charge in [0.05, 0.1) is 11.2 Å². The number of fused-ring (bicyclic) bond motifs is 8. The van der Waals surface area contributed by atoms with Crippen molar-refractivity contribution < 1.29 is 0 Å². The minimum Gasteiger partial charge on any atom is -0.335 e.